The number of amides is 1. The molecule has 1 amide bonds. The van der Waals surface area contributed by atoms with E-state index in [1.54, 1.807) is 0 Å². The van der Waals surface area contributed by atoms with Gasteiger partial charge in [-0.25, -0.2) is 14.6 Å². The van der Waals surface area contributed by atoms with Crippen LogP contribution in [0.25, 0.3) is 0 Å². The molecule has 0 aromatic rings. The summed E-state index contributed by atoms with van der Waals surface area (Å²) in [5.74, 6) is 4.31. The molecule has 1 atom stereocenters. The number of carbonyl (C=O) groups is 1. The average Bonchev–Trinajstić information content (AvgIpc) is 2.23. The molecule has 0 rings (SSSR count). The van der Waals surface area contributed by atoms with Crippen LogP contribution in [0.5, 0.6) is 0 Å². The lowest BCUT2D eigenvalue weighted by Gasteiger charge is -2.28. The van der Waals surface area contributed by atoms with Crippen LogP contribution < -0.4 is 11.3 Å². The number of hydrogen-bond donors (Lipinski definition) is 3. The highest BCUT2D eigenvalue weighted by molar-refractivity contribution is 5.81. The van der Waals surface area contributed by atoms with Crippen LogP contribution >= 0.6 is 0 Å². The van der Waals surface area contributed by atoms with Gasteiger partial charge < -0.3 is 9.84 Å². The van der Waals surface area contributed by atoms with E-state index in [2.05, 4.69) is 0 Å². The molecular formula is C8H17F2N3O3. The number of nitrogens with one attached hydrogen (secondary N) is 1. The van der Waals surface area contributed by atoms with Gasteiger partial charge in [-0.3, -0.25) is 15.1 Å². The van der Waals surface area contributed by atoms with Gasteiger partial charge in [-0.15, -0.1) is 0 Å². The fourth-order valence-corrected chi connectivity index (χ4v) is 1.28. The summed E-state index contributed by atoms with van der Waals surface area (Å²) >= 11 is 0. The van der Waals surface area contributed by atoms with Gasteiger partial charge in [0.1, 0.15) is 6.04 Å². The molecule has 0 bridgehead atoms. The van der Waals surface area contributed by atoms with E-state index in [0.717, 1.165) is 4.90 Å². The maximum atomic E-state index is 12.2. The van der Waals surface area contributed by atoms with Crippen molar-refractivity contribution in [1.82, 2.24) is 10.3 Å². The van der Waals surface area contributed by atoms with Gasteiger partial charge in [-0.2, -0.15) is 0 Å². The SMILES string of the molecule is COCC(C(=O)NN)N(CCO)CC(F)F. The highest BCUT2D eigenvalue weighted by Crippen LogP contribution is 2.05. The van der Waals surface area contributed by atoms with E-state index < -0.39 is 24.9 Å². The van der Waals surface area contributed by atoms with E-state index >= 15 is 0 Å². The largest absolute Gasteiger partial charge is 0.395 e. The first-order chi connectivity index (χ1) is 7.56. The van der Waals surface area contributed by atoms with Crippen LogP contribution in [0.3, 0.4) is 0 Å². The van der Waals surface area contributed by atoms with Crippen molar-refractivity contribution in [3.63, 3.8) is 0 Å². The Labute approximate surface area is 92.3 Å². The van der Waals surface area contributed by atoms with E-state index in [0.29, 0.717) is 0 Å². The van der Waals surface area contributed by atoms with Crippen molar-refractivity contribution >= 4 is 5.91 Å². The molecule has 0 aromatic heterocycles. The Balaban J connectivity index is 4.57. The third-order valence-corrected chi connectivity index (χ3v) is 1.97. The molecule has 0 aliphatic rings. The molecule has 1 unspecified atom stereocenters. The zero-order valence-electron chi connectivity index (χ0n) is 9.03. The monoisotopic (exact) mass is 241 g/mol. The van der Waals surface area contributed by atoms with Gasteiger partial charge in [0.05, 0.1) is 19.8 Å². The molecule has 8 heteroatoms. The normalized spacial score (nSPS) is 13.2. The average molecular weight is 241 g/mol. The molecule has 0 saturated carbocycles. The van der Waals surface area contributed by atoms with Crippen LogP contribution in [0.4, 0.5) is 8.78 Å². The Bertz CT molecular complexity index is 207. The Hall–Kier alpha value is -0.830. The lowest BCUT2D eigenvalue weighted by atomic mass is 10.2. The predicted octanol–water partition coefficient (Wildman–Crippen LogP) is -1.45. The second-order valence-electron chi connectivity index (χ2n) is 3.09. The molecule has 0 radical (unpaired) electrons. The Morgan fingerprint density at radius 1 is 1.62 bits per heavy atom. The van der Waals surface area contributed by atoms with Gasteiger partial charge in [0, 0.05) is 13.7 Å². The number of aliphatic hydroxyl groups is 1. The minimum Gasteiger partial charge on any atom is -0.395 e. The van der Waals surface area contributed by atoms with Gasteiger partial charge in [0.2, 0.25) is 0 Å². The number of aliphatic hydroxyl groups excluding tert-OH is 1. The topological polar surface area (TPSA) is 87.8 Å². The molecule has 16 heavy (non-hydrogen) atoms. The minimum absolute atomic E-state index is 0.0498. The highest BCUT2D eigenvalue weighted by Gasteiger charge is 2.27. The molecule has 0 fully saturated rings. The van der Waals surface area contributed by atoms with Gasteiger partial charge in [-0.05, 0) is 0 Å². The fraction of sp³-hybridized carbons (Fsp3) is 0.875. The first-order valence-electron chi connectivity index (χ1n) is 4.69. The fourth-order valence-electron chi connectivity index (χ4n) is 1.28. The smallest absolute Gasteiger partial charge is 0.253 e. The molecule has 0 spiro atoms. The van der Waals surface area contributed by atoms with Gasteiger partial charge in [0.25, 0.3) is 12.3 Å². The summed E-state index contributed by atoms with van der Waals surface area (Å²) in [6.45, 7) is -1.08. The van der Waals surface area contributed by atoms with Gasteiger partial charge in [0.15, 0.2) is 0 Å². The summed E-state index contributed by atoms with van der Waals surface area (Å²) < 4.78 is 29.2. The molecular weight excluding hydrogens is 224 g/mol. The van der Waals surface area contributed by atoms with E-state index in [-0.39, 0.29) is 19.8 Å². The number of hydrazine groups is 1. The van der Waals surface area contributed by atoms with Crippen molar-refractivity contribution in [2.45, 2.75) is 12.5 Å². The standard InChI is InChI=1S/C8H17F2N3O3/c1-16-5-6(8(15)12-11)13(2-3-14)4-7(9)10/h6-7,14H,2-5,11H2,1H3,(H,12,15). The van der Waals surface area contributed by atoms with Crippen LogP contribution in [0.15, 0.2) is 0 Å². The zero-order valence-corrected chi connectivity index (χ0v) is 9.03. The molecule has 0 saturated heterocycles. The summed E-state index contributed by atoms with van der Waals surface area (Å²) in [7, 11) is 1.34. The minimum atomic E-state index is -2.60. The quantitative estimate of drug-likeness (QED) is 0.275. The zero-order chi connectivity index (χ0) is 12.6. The number of methoxy groups -OCH3 is 1. The number of alkyl halides is 2. The number of hydrogen-bond acceptors (Lipinski definition) is 5. The van der Waals surface area contributed by atoms with Crippen LogP contribution in [0.1, 0.15) is 0 Å². The first-order valence-corrected chi connectivity index (χ1v) is 4.69. The molecule has 6 nitrogen and oxygen atoms in total. The highest BCUT2D eigenvalue weighted by atomic mass is 19.3. The van der Waals surface area contributed by atoms with Crippen LogP contribution in [-0.2, 0) is 9.53 Å². The molecule has 0 aliphatic heterocycles. The van der Waals surface area contributed by atoms with Crippen molar-refractivity contribution in [2.24, 2.45) is 5.84 Å². The third-order valence-electron chi connectivity index (χ3n) is 1.97. The maximum Gasteiger partial charge on any atom is 0.253 e. The van der Waals surface area contributed by atoms with E-state index in [1.165, 1.54) is 7.11 Å². The number of carbonyl (C=O) groups excluding carboxylic acids is 1. The summed E-state index contributed by atoms with van der Waals surface area (Å²) in [6, 6.07) is -0.934. The summed E-state index contributed by atoms with van der Waals surface area (Å²) in [5, 5.41) is 8.73. The van der Waals surface area contributed by atoms with E-state index in [1.807, 2.05) is 5.43 Å². The maximum absolute atomic E-state index is 12.2. The third kappa shape index (κ3) is 5.31. The van der Waals surface area contributed by atoms with Crippen molar-refractivity contribution in [2.75, 3.05) is 33.4 Å². The van der Waals surface area contributed by atoms with Crippen LogP contribution in [0, 0.1) is 0 Å². The summed E-state index contributed by atoms with van der Waals surface area (Å²) in [4.78, 5) is 12.4. The number of ether oxygens (including phenoxy) is 1. The van der Waals surface area contributed by atoms with Gasteiger partial charge in [-0.1, -0.05) is 0 Å². The van der Waals surface area contributed by atoms with Crippen molar-refractivity contribution in [3.05, 3.63) is 0 Å². The Morgan fingerprint density at radius 3 is 2.62 bits per heavy atom. The summed E-state index contributed by atoms with van der Waals surface area (Å²) in [6.07, 6.45) is -2.60. The first kappa shape index (κ1) is 15.2. The van der Waals surface area contributed by atoms with Crippen LogP contribution in [0.2, 0.25) is 0 Å². The molecule has 96 valence electrons. The van der Waals surface area contributed by atoms with Crippen LogP contribution in [-0.4, -0.2) is 61.8 Å². The van der Waals surface area contributed by atoms with E-state index in [4.69, 9.17) is 15.7 Å². The van der Waals surface area contributed by atoms with Crippen molar-refractivity contribution in [1.29, 1.82) is 0 Å². The van der Waals surface area contributed by atoms with Crippen molar-refractivity contribution in [3.8, 4) is 0 Å². The molecule has 0 aliphatic carbocycles. The second-order valence-corrected chi connectivity index (χ2v) is 3.09. The Morgan fingerprint density at radius 2 is 2.25 bits per heavy atom. The second kappa shape index (κ2) is 8.34. The van der Waals surface area contributed by atoms with Crippen molar-refractivity contribution < 1.29 is 23.4 Å². The van der Waals surface area contributed by atoms with E-state index in [9.17, 15) is 13.6 Å². The summed E-state index contributed by atoms with van der Waals surface area (Å²) in [5.41, 5.74) is 1.87. The number of nitrogens with two attached hydrogens (primary N) is 1. The molecule has 0 aromatic carbocycles. The number of nitrogens with zero attached hydrogens (tertiary/aromatic N) is 1. The number of rotatable bonds is 8. The predicted molar refractivity (Wildman–Crippen MR) is 52.7 cm³/mol. The lowest BCUT2D eigenvalue weighted by molar-refractivity contribution is -0.129. The van der Waals surface area contributed by atoms with Gasteiger partial charge >= 0.3 is 0 Å². The number of halogens is 2. The molecule has 0 heterocycles. The Kier molecular flexibility index (Phi) is 7.90. The molecule has 4 N–H and O–H groups in total. The lowest BCUT2D eigenvalue weighted by Crippen LogP contribution is -2.53.